The molecule has 1 amide bonds. The van der Waals surface area contributed by atoms with E-state index in [0.717, 1.165) is 19.5 Å². The molecular weight excluding hydrogens is 176 g/mol. The second-order valence-electron chi connectivity index (χ2n) is 4.79. The minimum atomic E-state index is 0.280. The smallest absolute Gasteiger partial charge is 0.220 e. The van der Waals surface area contributed by atoms with Gasteiger partial charge in [-0.2, -0.15) is 0 Å². The summed E-state index contributed by atoms with van der Waals surface area (Å²) >= 11 is 0. The number of rotatable bonds is 3. The van der Waals surface area contributed by atoms with Gasteiger partial charge in [0.15, 0.2) is 0 Å². The molecule has 0 atom stereocenters. The largest absolute Gasteiger partial charge is 0.353 e. The van der Waals surface area contributed by atoms with E-state index < -0.39 is 0 Å². The van der Waals surface area contributed by atoms with E-state index in [0.29, 0.717) is 12.0 Å². The number of hydrogen-bond acceptors (Lipinski definition) is 2. The molecule has 0 aromatic rings. The molecule has 3 nitrogen and oxygen atoms in total. The van der Waals surface area contributed by atoms with Crippen molar-refractivity contribution in [2.45, 2.75) is 38.1 Å². The van der Waals surface area contributed by atoms with Crippen LogP contribution in [0.1, 0.15) is 32.1 Å². The number of carbonyl (C=O) groups is 1. The summed E-state index contributed by atoms with van der Waals surface area (Å²) in [6, 6.07) is 0.522. The number of piperidine rings is 1. The second-order valence-corrected chi connectivity index (χ2v) is 4.79. The highest BCUT2D eigenvalue weighted by atomic mass is 16.1. The molecule has 0 radical (unpaired) electrons. The molecule has 1 heterocycles. The van der Waals surface area contributed by atoms with Crippen LogP contribution < -0.4 is 5.32 Å². The Bertz CT molecular complexity index is 205. The first-order valence-corrected chi connectivity index (χ1v) is 5.72. The van der Waals surface area contributed by atoms with Gasteiger partial charge in [-0.15, -0.1) is 0 Å². The van der Waals surface area contributed by atoms with Crippen molar-refractivity contribution in [1.82, 2.24) is 10.2 Å². The third-order valence-electron chi connectivity index (χ3n) is 3.25. The molecule has 1 saturated carbocycles. The first-order valence-electron chi connectivity index (χ1n) is 5.72. The van der Waals surface area contributed by atoms with Gasteiger partial charge in [0.2, 0.25) is 5.91 Å². The second kappa shape index (κ2) is 4.30. The van der Waals surface area contributed by atoms with Crippen LogP contribution in [0.5, 0.6) is 0 Å². The van der Waals surface area contributed by atoms with Crippen LogP contribution in [-0.2, 0) is 4.79 Å². The normalized spacial score (nSPS) is 24.9. The fraction of sp³-hybridized carbons (Fsp3) is 0.909. The summed E-state index contributed by atoms with van der Waals surface area (Å²) in [5.74, 6) is 0.909. The molecule has 0 aromatic carbocycles. The number of amides is 1. The minimum Gasteiger partial charge on any atom is -0.353 e. The summed E-state index contributed by atoms with van der Waals surface area (Å²) in [5.41, 5.74) is 0. The summed E-state index contributed by atoms with van der Waals surface area (Å²) < 4.78 is 0. The molecule has 2 fully saturated rings. The maximum Gasteiger partial charge on any atom is 0.220 e. The Morgan fingerprint density at radius 3 is 2.50 bits per heavy atom. The van der Waals surface area contributed by atoms with E-state index in [9.17, 15) is 4.79 Å². The van der Waals surface area contributed by atoms with Gasteiger partial charge in [-0.05, 0) is 51.7 Å². The highest BCUT2D eigenvalue weighted by Gasteiger charge is 2.25. The molecule has 1 N–H and O–H groups in total. The first kappa shape index (κ1) is 9.97. The van der Waals surface area contributed by atoms with Crippen LogP contribution in [0.15, 0.2) is 0 Å². The molecule has 1 aliphatic heterocycles. The van der Waals surface area contributed by atoms with E-state index in [4.69, 9.17) is 0 Å². The van der Waals surface area contributed by atoms with Gasteiger partial charge in [0.05, 0.1) is 0 Å². The number of carbonyl (C=O) groups excluding carboxylic acids is 1. The molecule has 1 aliphatic carbocycles. The highest BCUT2D eigenvalue weighted by Crippen LogP contribution is 2.22. The van der Waals surface area contributed by atoms with Crippen LogP contribution >= 0.6 is 0 Å². The Morgan fingerprint density at radius 1 is 1.29 bits per heavy atom. The van der Waals surface area contributed by atoms with Crippen LogP contribution in [0.3, 0.4) is 0 Å². The fourth-order valence-electron chi connectivity index (χ4n) is 2.04. The lowest BCUT2D eigenvalue weighted by Gasteiger charge is -2.28. The molecule has 2 aliphatic rings. The van der Waals surface area contributed by atoms with Crippen molar-refractivity contribution in [2.75, 3.05) is 20.1 Å². The van der Waals surface area contributed by atoms with Crippen molar-refractivity contribution in [2.24, 2.45) is 5.92 Å². The lowest BCUT2D eigenvalue weighted by molar-refractivity contribution is -0.122. The van der Waals surface area contributed by atoms with Crippen molar-refractivity contribution in [3.8, 4) is 0 Å². The molecule has 3 heteroatoms. The van der Waals surface area contributed by atoms with E-state index in [1.54, 1.807) is 0 Å². The SMILES string of the molecule is CN1CCC(CC(=O)NC2CC2)CC1. The average Bonchev–Trinajstić information content (AvgIpc) is 2.93. The van der Waals surface area contributed by atoms with Gasteiger partial charge in [0.25, 0.3) is 0 Å². The molecule has 0 aromatic heterocycles. The van der Waals surface area contributed by atoms with Crippen LogP contribution in [0.4, 0.5) is 0 Å². The van der Waals surface area contributed by atoms with Gasteiger partial charge in [-0.3, -0.25) is 4.79 Å². The third kappa shape index (κ3) is 2.98. The predicted octanol–water partition coefficient (Wildman–Crippen LogP) is 0.997. The third-order valence-corrected chi connectivity index (χ3v) is 3.25. The summed E-state index contributed by atoms with van der Waals surface area (Å²) in [6.07, 6.45) is 5.52. The van der Waals surface area contributed by atoms with Gasteiger partial charge in [-0.1, -0.05) is 0 Å². The Morgan fingerprint density at radius 2 is 1.93 bits per heavy atom. The predicted molar refractivity (Wildman–Crippen MR) is 56.0 cm³/mol. The Labute approximate surface area is 85.8 Å². The van der Waals surface area contributed by atoms with Crippen LogP contribution in [0.25, 0.3) is 0 Å². The molecule has 0 spiro atoms. The Balaban J connectivity index is 1.66. The molecule has 80 valence electrons. The standard InChI is InChI=1S/C11H20N2O/c1-13-6-4-9(5-7-13)8-11(14)12-10-2-3-10/h9-10H,2-8H2,1H3,(H,12,14). The lowest BCUT2D eigenvalue weighted by atomic mass is 9.93. The summed E-state index contributed by atoms with van der Waals surface area (Å²) in [6.45, 7) is 2.31. The van der Waals surface area contributed by atoms with E-state index in [1.807, 2.05) is 0 Å². The van der Waals surface area contributed by atoms with Crippen molar-refractivity contribution in [1.29, 1.82) is 0 Å². The first-order chi connectivity index (χ1) is 6.74. The van der Waals surface area contributed by atoms with Crippen LogP contribution in [0.2, 0.25) is 0 Å². The van der Waals surface area contributed by atoms with E-state index >= 15 is 0 Å². The lowest BCUT2D eigenvalue weighted by Crippen LogP contribution is -2.34. The maximum atomic E-state index is 11.5. The Hall–Kier alpha value is -0.570. The molecule has 0 unspecified atom stereocenters. The quantitative estimate of drug-likeness (QED) is 0.730. The molecule has 14 heavy (non-hydrogen) atoms. The number of nitrogens with zero attached hydrogens (tertiary/aromatic N) is 1. The van der Waals surface area contributed by atoms with E-state index in [1.165, 1.54) is 25.7 Å². The van der Waals surface area contributed by atoms with Crippen molar-refractivity contribution < 1.29 is 4.79 Å². The van der Waals surface area contributed by atoms with Crippen molar-refractivity contribution in [3.05, 3.63) is 0 Å². The average molecular weight is 196 g/mol. The summed E-state index contributed by atoms with van der Waals surface area (Å²) in [7, 11) is 2.15. The van der Waals surface area contributed by atoms with Gasteiger partial charge in [0, 0.05) is 12.5 Å². The van der Waals surface area contributed by atoms with Gasteiger partial charge in [-0.25, -0.2) is 0 Å². The van der Waals surface area contributed by atoms with Crippen LogP contribution in [0, 0.1) is 5.92 Å². The van der Waals surface area contributed by atoms with Crippen LogP contribution in [-0.4, -0.2) is 37.0 Å². The zero-order valence-electron chi connectivity index (χ0n) is 8.96. The zero-order valence-corrected chi connectivity index (χ0v) is 8.96. The number of nitrogens with one attached hydrogen (secondary N) is 1. The zero-order chi connectivity index (χ0) is 9.97. The number of hydrogen-bond donors (Lipinski definition) is 1. The molecular formula is C11H20N2O. The highest BCUT2D eigenvalue weighted by molar-refractivity contribution is 5.76. The monoisotopic (exact) mass is 196 g/mol. The summed E-state index contributed by atoms with van der Waals surface area (Å²) in [5, 5.41) is 3.06. The van der Waals surface area contributed by atoms with Gasteiger partial charge < -0.3 is 10.2 Å². The Kier molecular flexibility index (Phi) is 3.06. The summed E-state index contributed by atoms with van der Waals surface area (Å²) in [4.78, 5) is 13.9. The molecule has 2 rings (SSSR count). The van der Waals surface area contributed by atoms with Crippen molar-refractivity contribution in [3.63, 3.8) is 0 Å². The fourth-order valence-corrected chi connectivity index (χ4v) is 2.04. The number of likely N-dealkylation sites (tertiary alicyclic amines) is 1. The van der Waals surface area contributed by atoms with Gasteiger partial charge in [0.1, 0.15) is 0 Å². The van der Waals surface area contributed by atoms with E-state index in [-0.39, 0.29) is 5.91 Å². The minimum absolute atomic E-state index is 0.280. The van der Waals surface area contributed by atoms with Crippen molar-refractivity contribution >= 4 is 5.91 Å². The van der Waals surface area contributed by atoms with Gasteiger partial charge >= 0.3 is 0 Å². The topological polar surface area (TPSA) is 32.3 Å². The molecule has 0 bridgehead atoms. The van der Waals surface area contributed by atoms with E-state index in [2.05, 4.69) is 17.3 Å². The molecule has 1 saturated heterocycles. The maximum absolute atomic E-state index is 11.5.